The van der Waals surface area contributed by atoms with Crippen molar-refractivity contribution in [3.05, 3.63) is 29.0 Å². The van der Waals surface area contributed by atoms with E-state index in [-0.39, 0.29) is 10.8 Å². The summed E-state index contributed by atoms with van der Waals surface area (Å²) in [5, 5.41) is 3.82. The van der Waals surface area contributed by atoms with Crippen LogP contribution in [0.15, 0.2) is 18.2 Å². The van der Waals surface area contributed by atoms with Crippen LogP contribution < -0.4 is 5.32 Å². The standard InChI is InChI=1S/C16H19ClFN/c17-14-8-10(4-5-15(14)18)19-16-7-9-6-13(16)12-3-1-2-11(9)12/h4-5,8-9,11-13,16,19H,1-3,6-7H2. The fraction of sp³-hybridized carbons (Fsp3) is 0.625. The lowest BCUT2D eigenvalue weighted by atomic mass is 9.79. The highest BCUT2D eigenvalue weighted by molar-refractivity contribution is 6.31. The van der Waals surface area contributed by atoms with Crippen molar-refractivity contribution in [2.45, 2.75) is 38.1 Å². The van der Waals surface area contributed by atoms with Crippen molar-refractivity contribution >= 4 is 17.3 Å². The van der Waals surface area contributed by atoms with Crippen molar-refractivity contribution in [1.29, 1.82) is 0 Å². The molecule has 3 saturated carbocycles. The number of fused-ring (bicyclic) bond motifs is 5. The lowest BCUT2D eigenvalue weighted by molar-refractivity contribution is 0.243. The zero-order chi connectivity index (χ0) is 13.0. The molecule has 19 heavy (non-hydrogen) atoms. The van der Waals surface area contributed by atoms with E-state index >= 15 is 0 Å². The van der Waals surface area contributed by atoms with Gasteiger partial charge < -0.3 is 5.32 Å². The lowest BCUT2D eigenvalue weighted by Gasteiger charge is -2.32. The molecule has 1 aromatic rings. The number of nitrogens with one attached hydrogen (secondary N) is 1. The molecule has 0 radical (unpaired) electrons. The maximum Gasteiger partial charge on any atom is 0.141 e. The maximum atomic E-state index is 13.2. The van der Waals surface area contributed by atoms with Crippen LogP contribution in [0.5, 0.6) is 0 Å². The van der Waals surface area contributed by atoms with Gasteiger partial charge in [0.2, 0.25) is 0 Å². The first-order valence-electron chi connectivity index (χ1n) is 7.44. The van der Waals surface area contributed by atoms with Crippen LogP contribution >= 0.6 is 11.6 Å². The van der Waals surface area contributed by atoms with E-state index in [4.69, 9.17) is 11.6 Å². The molecule has 0 aliphatic heterocycles. The molecule has 2 bridgehead atoms. The van der Waals surface area contributed by atoms with Crippen molar-refractivity contribution in [3.8, 4) is 0 Å². The van der Waals surface area contributed by atoms with E-state index < -0.39 is 0 Å². The van der Waals surface area contributed by atoms with Crippen molar-refractivity contribution in [3.63, 3.8) is 0 Å². The molecule has 0 heterocycles. The van der Waals surface area contributed by atoms with Crippen LogP contribution in [-0.2, 0) is 0 Å². The summed E-state index contributed by atoms with van der Waals surface area (Å²) in [7, 11) is 0. The van der Waals surface area contributed by atoms with Gasteiger partial charge in [0.15, 0.2) is 0 Å². The molecule has 3 heteroatoms. The van der Waals surface area contributed by atoms with Gasteiger partial charge in [-0.2, -0.15) is 0 Å². The van der Waals surface area contributed by atoms with Crippen LogP contribution in [0.3, 0.4) is 0 Å². The van der Waals surface area contributed by atoms with E-state index in [1.165, 1.54) is 38.2 Å². The predicted molar refractivity (Wildman–Crippen MR) is 75.9 cm³/mol. The summed E-state index contributed by atoms with van der Waals surface area (Å²) in [5.74, 6) is 3.40. The van der Waals surface area contributed by atoms with Gasteiger partial charge in [-0.25, -0.2) is 4.39 Å². The van der Waals surface area contributed by atoms with Gasteiger partial charge in [-0.15, -0.1) is 0 Å². The molecule has 4 rings (SSSR count). The monoisotopic (exact) mass is 279 g/mol. The van der Waals surface area contributed by atoms with Crippen LogP contribution in [0, 0.1) is 29.5 Å². The summed E-state index contributed by atoms with van der Waals surface area (Å²) in [6.45, 7) is 0. The lowest BCUT2D eigenvalue weighted by Crippen LogP contribution is -2.33. The summed E-state index contributed by atoms with van der Waals surface area (Å²) in [4.78, 5) is 0. The van der Waals surface area contributed by atoms with Gasteiger partial charge in [0.25, 0.3) is 0 Å². The molecule has 0 amide bonds. The summed E-state index contributed by atoms with van der Waals surface area (Å²) in [6, 6.07) is 5.55. The van der Waals surface area contributed by atoms with Crippen LogP contribution in [0.2, 0.25) is 5.02 Å². The smallest absolute Gasteiger partial charge is 0.141 e. The third-order valence-corrected chi connectivity index (χ3v) is 5.99. The highest BCUT2D eigenvalue weighted by atomic mass is 35.5. The first kappa shape index (κ1) is 12.0. The number of hydrogen-bond acceptors (Lipinski definition) is 1. The molecule has 1 N–H and O–H groups in total. The van der Waals surface area contributed by atoms with Gasteiger partial charge in [0.05, 0.1) is 5.02 Å². The van der Waals surface area contributed by atoms with Gasteiger partial charge in [0, 0.05) is 11.7 Å². The fourth-order valence-electron chi connectivity index (χ4n) is 5.03. The van der Waals surface area contributed by atoms with E-state index in [0.29, 0.717) is 6.04 Å². The third kappa shape index (κ3) is 1.87. The van der Waals surface area contributed by atoms with E-state index in [1.807, 2.05) is 0 Å². The summed E-state index contributed by atoms with van der Waals surface area (Å²) >= 11 is 5.85. The minimum absolute atomic E-state index is 0.215. The van der Waals surface area contributed by atoms with Gasteiger partial charge in [0.1, 0.15) is 5.82 Å². The molecule has 1 nitrogen and oxygen atoms in total. The summed E-state index contributed by atoms with van der Waals surface area (Å²) in [5.41, 5.74) is 0.971. The van der Waals surface area contributed by atoms with Crippen LogP contribution in [0.4, 0.5) is 10.1 Å². The summed E-state index contributed by atoms with van der Waals surface area (Å²) < 4.78 is 13.2. The second-order valence-corrected chi connectivity index (χ2v) is 6.94. The molecule has 1 aromatic carbocycles. The number of hydrogen-bond donors (Lipinski definition) is 1. The minimum Gasteiger partial charge on any atom is -0.382 e. The second kappa shape index (κ2) is 4.37. The average Bonchev–Trinajstić information content (AvgIpc) is 3.05. The van der Waals surface area contributed by atoms with Gasteiger partial charge >= 0.3 is 0 Å². The SMILES string of the molecule is Fc1ccc(NC2CC3CC2C2CCCC32)cc1Cl. The molecular weight excluding hydrogens is 261 g/mol. The fourth-order valence-corrected chi connectivity index (χ4v) is 5.21. The van der Waals surface area contributed by atoms with E-state index in [1.54, 1.807) is 12.1 Å². The van der Waals surface area contributed by atoms with E-state index in [2.05, 4.69) is 5.32 Å². The minimum atomic E-state index is -0.337. The Morgan fingerprint density at radius 2 is 1.95 bits per heavy atom. The highest BCUT2D eigenvalue weighted by Crippen LogP contribution is 2.59. The van der Waals surface area contributed by atoms with Gasteiger partial charge in [-0.05, 0) is 67.6 Å². The molecule has 3 aliphatic carbocycles. The van der Waals surface area contributed by atoms with Crippen molar-refractivity contribution in [2.75, 3.05) is 5.32 Å². The highest BCUT2D eigenvalue weighted by Gasteiger charge is 2.53. The van der Waals surface area contributed by atoms with E-state index in [0.717, 1.165) is 29.4 Å². The number of rotatable bonds is 2. The first-order valence-corrected chi connectivity index (χ1v) is 7.82. The maximum absolute atomic E-state index is 13.2. The molecule has 3 aliphatic rings. The number of benzene rings is 1. The molecule has 5 unspecified atom stereocenters. The topological polar surface area (TPSA) is 12.0 Å². The Balaban J connectivity index is 1.51. The Labute approximate surface area is 118 Å². The Morgan fingerprint density at radius 1 is 1.11 bits per heavy atom. The second-order valence-electron chi connectivity index (χ2n) is 6.53. The predicted octanol–water partition coefficient (Wildman–Crippen LogP) is 4.72. The van der Waals surface area contributed by atoms with Crippen molar-refractivity contribution < 1.29 is 4.39 Å². The Kier molecular flexibility index (Phi) is 2.77. The molecular formula is C16H19ClFN. The summed E-state index contributed by atoms with van der Waals surface area (Å²) in [6.07, 6.45) is 7.01. The van der Waals surface area contributed by atoms with Crippen molar-refractivity contribution in [1.82, 2.24) is 0 Å². The molecule has 5 atom stereocenters. The molecule has 0 spiro atoms. The third-order valence-electron chi connectivity index (χ3n) is 5.70. The zero-order valence-electron chi connectivity index (χ0n) is 10.9. The van der Waals surface area contributed by atoms with E-state index in [9.17, 15) is 4.39 Å². The molecule has 0 saturated heterocycles. The average molecular weight is 280 g/mol. The molecule has 0 aromatic heterocycles. The normalized spacial score (nSPS) is 39.6. The zero-order valence-corrected chi connectivity index (χ0v) is 11.7. The largest absolute Gasteiger partial charge is 0.382 e. The van der Waals surface area contributed by atoms with Gasteiger partial charge in [-0.3, -0.25) is 0 Å². The molecule has 102 valence electrons. The Bertz CT molecular complexity index is 504. The first-order chi connectivity index (χ1) is 9.22. The van der Waals surface area contributed by atoms with Crippen LogP contribution in [-0.4, -0.2) is 6.04 Å². The number of halogens is 2. The van der Waals surface area contributed by atoms with Crippen LogP contribution in [0.1, 0.15) is 32.1 Å². The van der Waals surface area contributed by atoms with Crippen molar-refractivity contribution in [2.24, 2.45) is 23.7 Å². The Morgan fingerprint density at radius 3 is 2.79 bits per heavy atom. The number of anilines is 1. The van der Waals surface area contributed by atoms with Crippen LogP contribution in [0.25, 0.3) is 0 Å². The Hall–Kier alpha value is -0.760. The quantitative estimate of drug-likeness (QED) is 0.826. The molecule has 3 fully saturated rings. The van der Waals surface area contributed by atoms with Gasteiger partial charge in [-0.1, -0.05) is 18.0 Å².